The van der Waals surface area contributed by atoms with E-state index in [4.69, 9.17) is 0 Å². The van der Waals surface area contributed by atoms with Crippen molar-refractivity contribution in [3.8, 4) is 0 Å². The molecule has 0 fully saturated rings. The number of non-ortho nitro benzene ring substituents is 1. The third kappa shape index (κ3) is 3.34. The van der Waals surface area contributed by atoms with Crippen LogP contribution in [-0.2, 0) is 0 Å². The predicted molar refractivity (Wildman–Crippen MR) is 96.4 cm³/mol. The summed E-state index contributed by atoms with van der Waals surface area (Å²) in [4.78, 5) is 34.0. The zero-order chi connectivity index (χ0) is 18.7. The minimum atomic E-state index is -0.573. The highest BCUT2D eigenvalue weighted by Gasteiger charge is 2.11. The Bertz CT molecular complexity index is 1050. The van der Waals surface area contributed by atoms with E-state index >= 15 is 0 Å². The Labute approximate surface area is 147 Å². The van der Waals surface area contributed by atoms with Gasteiger partial charge < -0.3 is 0 Å². The molecule has 26 heavy (non-hydrogen) atoms. The first-order chi connectivity index (χ1) is 12.5. The lowest BCUT2D eigenvalue weighted by Gasteiger charge is -1.99. The zero-order valence-corrected chi connectivity index (χ0v) is 13.7. The second-order valence-electron chi connectivity index (χ2n) is 5.50. The molecule has 0 aliphatic rings. The predicted octanol–water partition coefficient (Wildman–Crippen LogP) is 2.97. The van der Waals surface area contributed by atoms with E-state index < -0.39 is 10.8 Å². The number of nitro groups is 1. The van der Waals surface area contributed by atoms with Crippen LogP contribution >= 0.6 is 0 Å². The number of hydrazone groups is 1. The maximum atomic E-state index is 12.1. The van der Waals surface area contributed by atoms with Crippen molar-refractivity contribution < 1.29 is 14.5 Å². The van der Waals surface area contributed by atoms with E-state index in [0.29, 0.717) is 5.56 Å². The quantitative estimate of drug-likeness (QED) is 0.443. The Morgan fingerprint density at radius 1 is 1.19 bits per heavy atom. The second-order valence-corrected chi connectivity index (χ2v) is 5.50. The number of rotatable bonds is 4. The number of aromatic nitrogens is 1. The molecular formula is C18H14N4O4. The number of fused-ring (bicyclic) bond motifs is 1. The fourth-order valence-corrected chi connectivity index (χ4v) is 2.56. The molecule has 8 nitrogen and oxygen atoms in total. The van der Waals surface area contributed by atoms with Gasteiger partial charge in [0.2, 0.25) is 5.91 Å². The number of nitro benzene ring substituents is 1. The van der Waals surface area contributed by atoms with Crippen molar-refractivity contribution in [1.82, 2.24) is 9.99 Å². The van der Waals surface area contributed by atoms with Crippen LogP contribution in [0.25, 0.3) is 10.9 Å². The van der Waals surface area contributed by atoms with Crippen LogP contribution in [0.5, 0.6) is 0 Å². The van der Waals surface area contributed by atoms with Gasteiger partial charge in [-0.25, -0.2) is 5.43 Å². The molecule has 0 radical (unpaired) electrons. The van der Waals surface area contributed by atoms with Gasteiger partial charge in [-0.15, -0.1) is 0 Å². The van der Waals surface area contributed by atoms with Crippen LogP contribution in [0.2, 0.25) is 0 Å². The van der Waals surface area contributed by atoms with E-state index in [-0.39, 0.29) is 17.2 Å². The van der Waals surface area contributed by atoms with Crippen molar-refractivity contribution in [3.63, 3.8) is 0 Å². The highest BCUT2D eigenvalue weighted by Crippen LogP contribution is 2.19. The molecule has 1 aromatic heterocycles. The monoisotopic (exact) mass is 350 g/mol. The van der Waals surface area contributed by atoms with Gasteiger partial charge in [0, 0.05) is 41.8 Å². The van der Waals surface area contributed by atoms with E-state index in [0.717, 1.165) is 10.9 Å². The summed E-state index contributed by atoms with van der Waals surface area (Å²) in [7, 11) is 0. The molecule has 8 heteroatoms. The van der Waals surface area contributed by atoms with Crippen LogP contribution in [-0.4, -0.2) is 27.5 Å². The summed E-state index contributed by atoms with van der Waals surface area (Å²) >= 11 is 0. The van der Waals surface area contributed by atoms with Gasteiger partial charge in [-0.05, 0) is 12.1 Å². The molecule has 1 amide bonds. The van der Waals surface area contributed by atoms with Gasteiger partial charge in [-0.3, -0.25) is 24.3 Å². The number of hydrogen-bond acceptors (Lipinski definition) is 5. The van der Waals surface area contributed by atoms with Gasteiger partial charge >= 0.3 is 0 Å². The Balaban J connectivity index is 1.82. The molecule has 3 rings (SSSR count). The van der Waals surface area contributed by atoms with Crippen molar-refractivity contribution in [2.45, 2.75) is 6.92 Å². The largest absolute Gasteiger partial charge is 0.287 e. The topological polar surface area (TPSA) is 107 Å². The summed E-state index contributed by atoms with van der Waals surface area (Å²) in [6, 6.07) is 12.7. The number of nitrogens with one attached hydrogen (secondary N) is 1. The number of carbonyl (C=O) groups excluding carboxylic acids is 2. The van der Waals surface area contributed by atoms with Crippen LogP contribution in [0, 0.1) is 10.1 Å². The molecule has 0 saturated heterocycles. The molecule has 0 aliphatic heterocycles. The van der Waals surface area contributed by atoms with Gasteiger partial charge in [-0.1, -0.05) is 24.3 Å². The van der Waals surface area contributed by atoms with Crippen molar-refractivity contribution in [2.75, 3.05) is 0 Å². The summed E-state index contributed by atoms with van der Waals surface area (Å²) in [6.07, 6.45) is 3.06. The Morgan fingerprint density at radius 3 is 2.69 bits per heavy atom. The molecule has 130 valence electrons. The SMILES string of the molecule is CC(=O)n1cc(C=NNC(=O)c2cccc([N+](=O)[O-])c2)c2ccccc21. The van der Waals surface area contributed by atoms with Crippen LogP contribution in [0.1, 0.15) is 27.6 Å². The van der Waals surface area contributed by atoms with Gasteiger partial charge in [0.1, 0.15) is 0 Å². The lowest BCUT2D eigenvalue weighted by Crippen LogP contribution is -2.17. The molecule has 0 atom stereocenters. The van der Waals surface area contributed by atoms with E-state index in [2.05, 4.69) is 10.5 Å². The van der Waals surface area contributed by atoms with Crippen LogP contribution in [0.15, 0.2) is 59.8 Å². The van der Waals surface area contributed by atoms with Gasteiger partial charge in [0.15, 0.2) is 0 Å². The third-order valence-electron chi connectivity index (χ3n) is 3.77. The third-order valence-corrected chi connectivity index (χ3v) is 3.77. The average molecular weight is 350 g/mol. The van der Waals surface area contributed by atoms with Gasteiger partial charge in [0.25, 0.3) is 11.6 Å². The molecule has 1 N–H and O–H groups in total. The first-order valence-electron chi connectivity index (χ1n) is 7.66. The molecule has 0 aliphatic carbocycles. The first-order valence-corrected chi connectivity index (χ1v) is 7.66. The lowest BCUT2D eigenvalue weighted by molar-refractivity contribution is -0.384. The van der Waals surface area contributed by atoms with Gasteiger partial charge in [-0.2, -0.15) is 5.10 Å². The normalized spacial score (nSPS) is 11.0. The van der Waals surface area contributed by atoms with Crippen molar-refractivity contribution >= 4 is 34.6 Å². The molecule has 3 aromatic rings. The van der Waals surface area contributed by atoms with E-state index in [1.807, 2.05) is 24.3 Å². The first kappa shape index (κ1) is 17.0. The number of amides is 1. The average Bonchev–Trinajstić information content (AvgIpc) is 3.01. The number of nitrogens with zero attached hydrogens (tertiary/aromatic N) is 3. The Morgan fingerprint density at radius 2 is 1.96 bits per heavy atom. The Hall–Kier alpha value is -3.81. The highest BCUT2D eigenvalue weighted by atomic mass is 16.6. The fraction of sp³-hybridized carbons (Fsp3) is 0.0556. The minimum absolute atomic E-state index is 0.127. The number of hydrogen-bond donors (Lipinski definition) is 1. The van der Waals surface area contributed by atoms with Crippen LogP contribution in [0.4, 0.5) is 5.69 Å². The fourth-order valence-electron chi connectivity index (χ4n) is 2.56. The zero-order valence-electron chi connectivity index (χ0n) is 13.7. The van der Waals surface area contributed by atoms with E-state index in [1.54, 1.807) is 6.20 Å². The standard InChI is InChI=1S/C18H14N4O4/c1-12(23)21-11-14(16-7-2-3-8-17(16)21)10-19-20-18(24)13-5-4-6-15(9-13)22(25)26/h2-11H,1H3,(H,20,24). The number of para-hydroxylation sites is 1. The highest BCUT2D eigenvalue weighted by molar-refractivity contribution is 6.03. The van der Waals surface area contributed by atoms with E-state index in [1.165, 1.54) is 42.0 Å². The molecule has 1 heterocycles. The van der Waals surface area contributed by atoms with Gasteiger partial charge in [0.05, 0.1) is 16.7 Å². The summed E-state index contributed by atoms with van der Waals surface area (Å²) in [5.41, 5.74) is 3.69. The molecule has 2 aromatic carbocycles. The van der Waals surface area contributed by atoms with Crippen molar-refractivity contribution in [1.29, 1.82) is 0 Å². The van der Waals surface area contributed by atoms with Crippen LogP contribution < -0.4 is 5.43 Å². The molecule has 0 bridgehead atoms. The number of benzene rings is 2. The number of carbonyl (C=O) groups is 2. The lowest BCUT2D eigenvalue weighted by atomic mass is 10.2. The molecular weight excluding hydrogens is 336 g/mol. The Kier molecular flexibility index (Phi) is 4.57. The molecule has 0 spiro atoms. The summed E-state index contributed by atoms with van der Waals surface area (Å²) in [5, 5.41) is 15.5. The maximum Gasteiger partial charge on any atom is 0.271 e. The molecule has 0 unspecified atom stereocenters. The molecule has 0 saturated carbocycles. The van der Waals surface area contributed by atoms with E-state index in [9.17, 15) is 19.7 Å². The summed E-state index contributed by atoms with van der Waals surface area (Å²) in [6.45, 7) is 1.46. The second kappa shape index (κ2) is 6.98. The summed E-state index contributed by atoms with van der Waals surface area (Å²) < 4.78 is 1.50. The smallest absolute Gasteiger partial charge is 0.271 e. The van der Waals surface area contributed by atoms with Crippen molar-refractivity contribution in [2.24, 2.45) is 5.10 Å². The minimum Gasteiger partial charge on any atom is -0.287 e. The van der Waals surface area contributed by atoms with Crippen molar-refractivity contribution in [3.05, 3.63) is 76.0 Å². The summed E-state index contributed by atoms with van der Waals surface area (Å²) in [5.74, 6) is -0.707. The van der Waals surface area contributed by atoms with Crippen LogP contribution in [0.3, 0.4) is 0 Å². The maximum absolute atomic E-state index is 12.1.